The first-order chi connectivity index (χ1) is 9.89. The van der Waals surface area contributed by atoms with Gasteiger partial charge < -0.3 is 20.3 Å². The van der Waals surface area contributed by atoms with Crippen molar-refractivity contribution in [2.45, 2.75) is 39.5 Å². The standard InChI is InChI=1S/C13H22N4O4/c1-13(2,5-3-11(18)19)6-8-15-12(20)14-7-4-10-16-9-17-21-10/h9H,3-8H2,1-2H3,(H,18,19)(H2,14,15,20). The van der Waals surface area contributed by atoms with Gasteiger partial charge in [-0.1, -0.05) is 19.0 Å². The number of urea groups is 1. The zero-order valence-electron chi connectivity index (χ0n) is 12.4. The Morgan fingerprint density at radius 3 is 2.62 bits per heavy atom. The van der Waals surface area contributed by atoms with Crippen LogP contribution in [0.1, 0.15) is 39.0 Å². The van der Waals surface area contributed by atoms with Gasteiger partial charge in [0, 0.05) is 25.9 Å². The molecule has 0 aliphatic rings. The van der Waals surface area contributed by atoms with Crippen LogP contribution in [0.5, 0.6) is 0 Å². The predicted molar refractivity (Wildman–Crippen MR) is 74.7 cm³/mol. The van der Waals surface area contributed by atoms with Crippen LogP contribution < -0.4 is 10.6 Å². The molecule has 0 saturated carbocycles. The van der Waals surface area contributed by atoms with Crippen LogP contribution in [0, 0.1) is 5.41 Å². The highest BCUT2D eigenvalue weighted by atomic mass is 16.5. The molecule has 0 saturated heterocycles. The number of hydrogen-bond donors (Lipinski definition) is 3. The summed E-state index contributed by atoms with van der Waals surface area (Å²) < 4.78 is 4.81. The van der Waals surface area contributed by atoms with Crippen LogP contribution in [0.15, 0.2) is 10.9 Å². The fourth-order valence-corrected chi connectivity index (χ4v) is 1.74. The molecule has 0 spiro atoms. The van der Waals surface area contributed by atoms with Crippen molar-refractivity contribution in [2.75, 3.05) is 13.1 Å². The number of hydrogen-bond acceptors (Lipinski definition) is 5. The van der Waals surface area contributed by atoms with Crippen molar-refractivity contribution < 1.29 is 19.2 Å². The maximum Gasteiger partial charge on any atom is 0.314 e. The summed E-state index contributed by atoms with van der Waals surface area (Å²) in [7, 11) is 0. The van der Waals surface area contributed by atoms with Crippen molar-refractivity contribution in [3.8, 4) is 0 Å². The molecule has 0 fully saturated rings. The third-order valence-electron chi connectivity index (χ3n) is 3.13. The maximum atomic E-state index is 11.5. The van der Waals surface area contributed by atoms with Crippen LogP contribution in [0.25, 0.3) is 0 Å². The Morgan fingerprint density at radius 2 is 2.00 bits per heavy atom. The number of nitrogens with zero attached hydrogens (tertiary/aromatic N) is 2. The van der Waals surface area contributed by atoms with E-state index < -0.39 is 5.97 Å². The normalized spacial score (nSPS) is 11.1. The monoisotopic (exact) mass is 298 g/mol. The summed E-state index contributed by atoms with van der Waals surface area (Å²) in [6.07, 6.45) is 3.25. The van der Waals surface area contributed by atoms with Crippen LogP contribution in [-0.4, -0.2) is 40.3 Å². The highest BCUT2D eigenvalue weighted by molar-refractivity contribution is 5.73. The number of carboxylic acids is 1. The molecule has 2 amide bonds. The molecule has 118 valence electrons. The molecule has 1 aromatic rings. The van der Waals surface area contributed by atoms with Crippen LogP contribution in [-0.2, 0) is 11.2 Å². The molecular weight excluding hydrogens is 276 g/mol. The molecule has 0 bridgehead atoms. The van der Waals surface area contributed by atoms with Gasteiger partial charge in [0.1, 0.15) is 0 Å². The smallest absolute Gasteiger partial charge is 0.314 e. The van der Waals surface area contributed by atoms with E-state index in [4.69, 9.17) is 9.63 Å². The summed E-state index contributed by atoms with van der Waals surface area (Å²) in [5.74, 6) is -0.320. The average Bonchev–Trinajstić information content (AvgIpc) is 2.89. The van der Waals surface area contributed by atoms with E-state index in [2.05, 4.69) is 20.8 Å². The number of carbonyl (C=O) groups is 2. The lowest BCUT2D eigenvalue weighted by molar-refractivity contribution is -0.137. The van der Waals surface area contributed by atoms with Gasteiger partial charge in [0.15, 0.2) is 6.33 Å². The minimum atomic E-state index is -0.796. The SMILES string of the molecule is CC(C)(CCNC(=O)NCCc1ncno1)CCC(=O)O. The highest BCUT2D eigenvalue weighted by Gasteiger charge is 2.19. The van der Waals surface area contributed by atoms with Crippen molar-refractivity contribution in [1.29, 1.82) is 0 Å². The quantitative estimate of drug-likeness (QED) is 0.630. The van der Waals surface area contributed by atoms with Gasteiger partial charge in [0.25, 0.3) is 0 Å². The van der Waals surface area contributed by atoms with Crippen LogP contribution in [0.2, 0.25) is 0 Å². The van der Waals surface area contributed by atoms with Crippen molar-refractivity contribution in [1.82, 2.24) is 20.8 Å². The molecule has 21 heavy (non-hydrogen) atoms. The molecule has 1 heterocycles. The third-order valence-corrected chi connectivity index (χ3v) is 3.13. The summed E-state index contributed by atoms with van der Waals surface area (Å²) in [6.45, 7) is 4.89. The predicted octanol–water partition coefficient (Wildman–Crippen LogP) is 1.19. The molecule has 8 nitrogen and oxygen atoms in total. The molecule has 0 unspecified atom stereocenters. The lowest BCUT2D eigenvalue weighted by atomic mass is 9.84. The van der Waals surface area contributed by atoms with E-state index in [9.17, 15) is 9.59 Å². The van der Waals surface area contributed by atoms with Crippen molar-refractivity contribution >= 4 is 12.0 Å². The number of aliphatic carboxylic acids is 1. The Labute approximate surface area is 123 Å². The minimum Gasteiger partial charge on any atom is -0.481 e. The number of carboxylic acid groups (broad SMARTS) is 1. The van der Waals surface area contributed by atoms with Crippen LogP contribution in [0.3, 0.4) is 0 Å². The van der Waals surface area contributed by atoms with E-state index in [1.807, 2.05) is 13.8 Å². The summed E-state index contributed by atoms with van der Waals surface area (Å²) in [5, 5.41) is 17.6. The zero-order valence-corrected chi connectivity index (χ0v) is 12.4. The molecule has 0 atom stereocenters. The van der Waals surface area contributed by atoms with Gasteiger partial charge in [0.2, 0.25) is 5.89 Å². The largest absolute Gasteiger partial charge is 0.481 e. The van der Waals surface area contributed by atoms with E-state index in [0.717, 1.165) is 6.42 Å². The number of carbonyl (C=O) groups excluding carboxylic acids is 1. The Bertz CT molecular complexity index is 445. The number of rotatable bonds is 9. The van der Waals surface area contributed by atoms with E-state index in [0.29, 0.717) is 31.8 Å². The van der Waals surface area contributed by atoms with Gasteiger partial charge in [-0.15, -0.1) is 0 Å². The topological polar surface area (TPSA) is 117 Å². The van der Waals surface area contributed by atoms with Crippen molar-refractivity contribution in [3.63, 3.8) is 0 Å². The first-order valence-electron chi connectivity index (χ1n) is 6.88. The third kappa shape index (κ3) is 7.91. The van der Waals surface area contributed by atoms with E-state index >= 15 is 0 Å². The van der Waals surface area contributed by atoms with Gasteiger partial charge in [-0.3, -0.25) is 4.79 Å². The van der Waals surface area contributed by atoms with Crippen molar-refractivity contribution in [3.05, 3.63) is 12.2 Å². The van der Waals surface area contributed by atoms with Gasteiger partial charge in [-0.05, 0) is 18.3 Å². The molecular formula is C13H22N4O4. The van der Waals surface area contributed by atoms with E-state index in [-0.39, 0.29) is 17.9 Å². The molecule has 0 aliphatic carbocycles. The Kier molecular flexibility index (Phi) is 6.64. The highest BCUT2D eigenvalue weighted by Crippen LogP contribution is 2.25. The fourth-order valence-electron chi connectivity index (χ4n) is 1.74. The van der Waals surface area contributed by atoms with Gasteiger partial charge >= 0.3 is 12.0 Å². The molecule has 0 aliphatic heterocycles. The number of nitrogens with one attached hydrogen (secondary N) is 2. The Balaban J connectivity index is 2.10. The fraction of sp³-hybridized carbons (Fsp3) is 0.692. The second kappa shape index (κ2) is 8.23. The van der Waals surface area contributed by atoms with E-state index in [1.54, 1.807) is 0 Å². The summed E-state index contributed by atoms with van der Waals surface area (Å²) >= 11 is 0. The van der Waals surface area contributed by atoms with Gasteiger partial charge in [-0.25, -0.2) is 4.79 Å². The second-order valence-electron chi connectivity index (χ2n) is 5.58. The number of aromatic nitrogens is 2. The molecule has 8 heteroatoms. The molecule has 1 aromatic heterocycles. The molecule has 3 N–H and O–H groups in total. The summed E-state index contributed by atoms with van der Waals surface area (Å²) in [4.78, 5) is 25.9. The van der Waals surface area contributed by atoms with Gasteiger partial charge in [-0.2, -0.15) is 4.98 Å². The lowest BCUT2D eigenvalue weighted by Crippen LogP contribution is -2.38. The Hall–Kier alpha value is -2.12. The Morgan fingerprint density at radius 1 is 1.29 bits per heavy atom. The molecule has 0 radical (unpaired) electrons. The average molecular weight is 298 g/mol. The second-order valence-corrected chi connectivity index (χ2v) is 5.58. The molecule has 1 rings (SSSR count). The zero-order chi connectivity index (χ0) is 15.7. The van der Waals surface area contributed by atoms with Gasteiger partial charge in [0.05, 0.1) is 0 Å². The van der Waals surface area contributed by atoms with Crippen LogP contribution in [0.4, 0.5) is 4.79 Å². The minimum absolute atomic E-state index is 0.116. The summed E-state index contributed by atoms with van der Waals surface area (Å²) in [6, 6.07) is -0.261. The number of amides is 2. The van der Waals surface area contributed by atoms with E-state index in [1.165, 1.54) is 6.33 Å². The first kappa shape index (κ1) is 16.9. The van der Waals surface area contributed by atoms with Crippen molar-refractivity contribution in [2.24, 2.45) is 5.41 Å². The summed E-state index contributed by atoms with van der Waals surface area (Å²) in [5.41, 5.74) is -0.116. The maximum absolute atomic E-state index is 11.5. The molecule has 0 aromatic carbocycles. The van der Waals surface area contributed by atoms with Crippen LogP contribution >= 0.6 is 0 Å². The lowest BCUT2D eigenvalue weighted by Gasteiger charge is -2.23. The first-order valence-corrected chi connectivity index (χ1v) is 6.88.